The van der Waals surface area contributed by atoms with Crippen molar-refractivity contribution in [2.24, 2.45) is 0 Å². The van der Waals surface area contributed by atoms with Crippen molar-refractivity contribution in [2.45, 2.75) is 45.7 Å². The Morgan fingerprint density at radius 1 is 1.03 bits per heavy atom. The molecule has 0 saturated carbocycles. The molecule has 0 radical (unpaired) electrons. The molecule has 1 aliphatic heterocycles. The predicted octanol–water partition coefficient (Wildman–Crippen LogP) is 5.70. The lowest BCUT2D eigenvalue weighted by Gasteiger charge is -2.26. The normalized spacial score (nSPS) is 14.8. The standard InChI is InChI=1S/C26H32N4/c1-19(2)27-20(3)23-8-7-9-24(16-23)26-17-25(28-29-26)22-12-10-21(11-13-22)18-30-14-5-4-6-15-30/h7-13,16-17,19,27H,3-6,14-15,18H2,1-2H3,(H,28,29). The molecule has 1 aliphatic rings. The first-order valence-electron chi connectivity index (χ1n) is 11.0. The van der Waals surface area contributed by atoms with Crippen LogP contribution in [0.2, 0.25) is 0 Å². The van der Waals surface area contributed by atoms with E-state index in [-0.39, 0.29) is 0 Å². The second kappa shape index (κ2) is 9.31. The van der Waals surface area contributed by atoms with Gasteiger partial charge in [0.05, 0.1) is 11.4 Å². The molecule has 3 aromatic rings. The molecule has 4 heteroatoms. The Kier molecular flexibility index (Phi) is 6.34. The van der Waals surface area contributed by atoms with E-state index in [1.807, 2.05) is 0 Å². The van der Waals surface area contributed by atoms with Crippen molar-refractivity contribution in [2.75, 3.05) is 13.1 Å². The number of hydrogen-bond acceptors (Lipinski definition) is 3. The maximum Gasteiger partial charge on any atom is 0.0927 e. The summed E-state index contributed by atoms with van der Waals surface area (Å²) in [5.41, 5.74) is 7.64. The number of likely N-dealkylation sites (tertiary alicyclic amines) is 1. The van der Waals surface area contributed by atoms with E-state index in [2.05, 4.69) is 95.4 Å². The number of hydrogen-bond donors (Lipinski definition) is 2. The van der Waals surface area contributed by atoms with Gasteiger partial charge in [-0.2, -0.15) is 5.10 Å². The molecule has 4 rings (SSSR count). The number of piperidine rings is 1. The summed E-state index contributed by atoms with van der Waals surface area (Å²) in [5.74, 6) is 0. The number of rotatable bonds is 7. The highest BCUT2D eigenvalue weighted by Crippen LogP contribution is 2.26. The molecule has 0 amide bonds. The van der Waals surface area contributed by atoms with E-state index in [0.717, 1.165) is 40.3 Å². The molecular weight excluding hydrogens is 368 g/mol. The monoisotopic (exact) mass is 400 g/mol. The zero-order valence-electron chi connectivity index (χ0n) is 18.1. The summed E-state index contributed by atoms with van der Waals surface area (Å²) in [6, 6.07) is 19.7. The number of aromatic nitrogens is 2. The molecule has 0 aliphatic carbocycles. The van der Waals surface area contributed by atoms with Gasteiger partial charge >= 0.3 is 0 Å². The second-order valence-corrected chi connectivity index (χ2v) is 8.56. The van der Waals surface area contributed by atoms with E-state index in [4.69, 9.17) is 0 Å². The summed E-state index contributed by atoms with van der Waals surface area (Å²) >= 11 is 0. The van der Waals surface area contributed by atoms with Crippen molar-refractivity contribution in [1.82, 2.24) is 20.4 Å². The van der Waals surface area contributed by atoms with E-state index in [1.165, 1.54) is 37.9 Å². The highest BCUT2D eigenvalue weighted by Gasteiger charge is 2.11. The summed E-state index contributed by atoms with van der Waals surface area (Å²) in [6.07, 6.45) is 4.04. The Labute approximate surface area is 180 Å². The minimum Gasteiger partial charge on any atom is -0.383 e. The zero-order chi connectivity index (χ0) is 20.9. The van der Waals surface area contributed by atoms with Crippen LogP contribution >= 0.6 is 0 Å². The van der Waals surface area contributed by atoms with Crippen LogP contribution in [0, 0.1) is 0 Å². The third-order valence-corrected chi connectivity index (χ3v) is 5.67. The molecule has 4 nitrogen and oxygen atoms in total. The molecular formula is C26H32N4. The number of H-pyrrole nitrogens is 1. The topological polar surface area (TPSA) is 44.0 Å². The Morgan fingerprint density at radius 2 is 1.80 bits per heavy atom. The summed E-state index contributed by atoms with van der Waals surface area (Å²) in [6.45, 7) is 11.9. The molecule has 1 fully saturated rings. The van der Waals surface area contributed by atoms with Gasteiger partial charge in [0.15, 0.2) is 0 Å². The maximum atomic E-state index is 4.56. The molecule has 0 atom stereocenters. The molecule has 0 spiro atoms. The first-order valence-corrected chi connectivity index (χ1v) is 11.0. The van der Waals surface area contributed by atoms with E-state index >= 15 is 0 Å². The average Bonchev–Trinajstić information content (AvgIpc) is 3.25. The Morgan fingerprint density at radius 3 is 2.53 bits per heavy atom. The zero-order valence-corrected chi connectivity index (χ0v) is 18.1. The average molecular weight is 401 g/mol. The molecule has 0 bridgehead atoms. The fourth-order valence-corrected chi connectivity index (χ4v) is 4.08. The first kappa shape index (κ1) is 20.4. The van der Waals surface area contributed by atoms with E-state index in [1.54, 1.807) is 0 Å². The van der Waals surface area contributed by atoms with Crippen LogP contribution in [0.15, 0.2) is 61.2 Å². The van der Waals surface area contributed by atoms with Crippen molar-refractivity contribution in [3.05, 3.63) is 72.3 Å². The van der Waals surface area contributed by atoms with Crippen LogP contribution in [0.1, 0.15) is 44.2 Å². The van der Waals surface area contributed by atoms with Crippen molar-refractivity contribution in [3.8, 4) is 22.5 Å². The SMILES string of the molecule is C=C(NC(C)C)c1cccc(-c2cc(-c3ccc(CN4CCCCC4)cc3)[nH]n2)c1. The smallest absolute Gasteiger partial charge is 0.0927 e. The second-order valence-electron chi connectivity index (χ2n) is 8.56. The Hall–Kier alpha value is -2.85. The summed E-state index contributed by atoms with van der Waals surface area (Å²) in [4.78, 5) is 2.56. The molecule has 0 unspecified atom stereocenters. The van der Waals surface area contributed by atoms with Crippen LogP contribution < -0.4 is 5.32 Å². The molecule has 156 valence electrons. The Balaban J connectivity index is 1.47. The van der Waals surface area contributed by atoms with Gasteiger partial charge in [-0.1, -0.05) is 55.5 Å². The third-order valence-electron chi connectivity index (χ3n) is 5.67. The first-order chi connectivity index (χ1) is 14.6. The third kappa shape index (κ3) is 5.00. The Bertz CT molecular complexity index is 978. The van der Waals surface area contributed by atoms with Gasteiger partial charge in [-0.25, -0.2) is 0 Å². The number of nitrogens with one attached hydrogen (secondary N) is 2. The van der Waals surface area contributed by atoms with Crippen LogP contribution in [0.25, 0.3) is 28.2 Å². The lowest BCUT2D eigenvalue weighted by Crippen LogP contribution is -2.28. The number of aromatic amines is 1. The minimum atomic E-state index is 0.357. The lowest BCUT2D eigenvalue weighted by atomic mass is 10.0. The van der Waals surface area contributed by atoms with E-state index in [0.29, 0.717) is 6.04 Å². The summed E-state index contributed by atoms with van der Waals surface area (Å²) < 4.78 is 0. The van der Waals surface area contributed by atoms with Gasteiger partial charge in [0.1, 0.15) is 0 Å². The lowest BCUT2D eigenvalue weighted by molar-refractivity contribution is 0.221. The van der Waals surface area contributed by atoms with Crippen LogP contribution in [0.5, 0.6) is 0 Å². The van der Waals surface area contributed by atoms with Gasteiger partial charge in [-0.15, -0.1) is 0 Å². The van der Waals surface area contributed by atoms with Crippen molar-refractivity contribution < 1.29 is 0 Å². The largest absolute Gasteiger partial charge is 0.383 e. The fourth-order valence-electron chi connectivity index (χ4n) is 4.08. The van der Waals surface area contributed by atoms with Crippen molar-refractivity contribution in [3.63, 3.8) is 0 Å². The van der Waals surface area contributed by atoms with Gasteiger partial charge in [0.2, 0.25) is 0 Å². The van der Waals surface area contributed by atoms with Crippen LogP contribution in [-0.4, -0.2) is 34.2 Å². The highest BCUT2D eigenvalue weighted by atomic mass is 15.1. The van der Waals surface area contributed by atoms with Gasteiger partial charge < -0.3 is 5.32 Å². The van der Waals surface area contributed by atoms with Gasteiger partial charge in [0.25, 0.3) is 0 Å². The maximum absolute atomic E-state index is 4.56. The van der Waals surface area contributed by atoms with Crippen LogP contribution in [0.4, 0.5) is 0 Å². The summed E-state index contributed by atoms with van der Waals surface area (Å²) in [5, 5.41) is 11.1. The van der Waals surface area contributed by atoms with Crippen molar-refractivity contribution in [1.29, 1.82) is 0 Å². The van der Waals surface area contributed by atoms with Crippen LogP contribution in [0.3, 0.4) is 0 Å². The van der Waals surface area contributed by atoms with Gasteiger partial charge in [-0.3, -0.25) is 10.00 Å². The van der Waals surface area contributed by atoms with Gasteiger partial charge in [-0.05, 0) is 68.6 Å². The summed E-state index contributed by atoms with van der Waals surface area (Å²) in [7, 11) is 0. The molecule has 2 N–H and O–H groups in total. The van der Waals surface area contributed by atoms with Crippen molar-refractivity contribution >= 4 is 5.70 Å². The quantitative estimate of drug-likeness (QED) is 0.535. The molecule has 1 aromatic heterocycles. The molecule has 2 aromatic carbocycles. The van der Waals surface area contributed by atoms with Crippen LogP contribution in [-0.2, 0) is 6.54 Å². The number of benzene rings is 2. The van der Waals surface area contributed by atoms with E-state index in [9.17, 15) is 0 Å². The number of nitrogens with zero attached hydrogens (tertiary/aromatic N) is 2. The molecule has 30 heavy (non-hydrogen) atoms. The molecule has 1 saturated heterocycles. The minimum absolute atomic E-state index is 0.357. The highest BCUT2D eigenvalue weighted by molar-refractivity contribution is 5.72. The predicted molar refractivity (Wildman–Crippen MR) is 126 cm³/mol. The fraction of sp³-hybridized carbons (Fsp3) is 0.346. The molecule has 2 heterocycles. The van der Waals surface area contributed by atoms with E-state index < -0.39 is 0 Å². The van der Waals surface area contributed by atoms with Gasteiger partial charge in [0, 0.05) is 23.8 Å².